The molecule has 0 aliphatic carbocycles. The van der Waals surface area contributed by atoms with Crippen LogP contribution in [-0.2, 0) is 5.75 Å². The Kier molecular flexibility index (Phi) is 4.76. The van der Waals surface area contributed by atoms with Gasteiger partial charge in [0.25, 0.3) is 0 Å². The van der Waals surface area contributed by atoms with Crippen molar-refractivity contribution in [1.82, 2.24) is 4.98 Å². The van der Waals surface area contributed by atoms with Crippen molar-refractivity contribution in [2.24, 2.45) is 0 Å². The summed E-state index contributed by atoms with van der Waals surface area (Å²) < 4.78 is 0. The van der Waals surface area contributed by atoms with Gasteiger partial charge in [0, 0.05) is 24.2 Å². The highest BCUT2D eigenvalue weighted by molar-refractivity contribution is 7.99. The fourth-order valence-electron chi connectivity index (χ4n) is 0.949. The van der Waals surface area contributed by atoms with E-state index in [2.05, 4.69) is 16.4 Å². The molecule has 1 aromatic rings. The van der Waals surface area contributed by atoms with Gasteiger partial charge in [-0.25, -0.2) is 4.98 Å². The summed E-state index contributed by atoms with van der Waals surface area (Å²) in [6, 6.07) is 4.01. The van der Waals surface area contributed by atoms with E-state index in [9.17, 15) is 0 Å². The molecule has 1 rings (SSSR count). The zero-order valence-corrected chi connectivity index (χ0v) is 9.34. The Hall–Kier alpha value is -0.740. The Bertz CT molecular complexity index is 263. The number of anilines is 1. The van der Waals surface area contributed by atoms with E-state index in [-0.39, 0.29) is 6.61 Å². The van der Waals surface area contributed by atoms with Crippen LogP contribution in [0.2, 0.25) is 0 Å². The fraction of sp³-hybridized carbons (Fsp3) is 0.500. The van der Waals surface area contributed by atoms with Crippen LogP contribution in [0.15, 0.2) is 18.3 Å². The number of aromatic nitrogens is 1. The minimum Gasteiger partial charge on any atom is -0.395 e. The lowest BCUT2D eigenvalue weighted by Crippen LogP contribution is -2.02. The Morgan fingerprint density at radius 1 is 1.57 bits per heavy atom. The molecule has 2 N–H and O–H groups in total. The second kappa shape index (κ2) is 5.88. The highest BCUT2D eigenvalue weighted by Crippen LogP contribution is 2.17. The average molecular weight is 212 g/mol. The van der Waals surface area contributed by atoms with Gasteiger partial charge in [-0.15, -0.1) is 0 Å². The molecule has 0 radical (unpaired) electrons. The number of hydrogen-bond acceptors (Lipinski definition) is 4. The molecular weight excluding hydrogens is 196 g/mol. The Balaban J connectivity index is 2.43. The third-order valence-corrected chi connectivity index (χ3v) is 3.09. The van der Waals surface area contributed by atoms with Crippen molar-refractivity contribution >= 4 is 17.6 Å². The molecule has 0 aliphatic rings. The predicted octanol–water partition coefficient (Wildman–Crippen LogP) is 1.74. The lowest BCUT2D eigenvalue weighted by Gasteiger charge is -2.07. The van der Waals surface area contributed by atoms with Crippen LogP contribution >= 0.6 is 11.8 Å². The lowest BCUT2D eigenvalue weighted by atomic mass is 10.3. The summed E-state index contributed by atoms with van der Waals surface area (Å²) in [4.78, 5) is 4.21. The van der Waals surface area contributed by atoms with Crippen molar-refractivity contribution in [2.45, 2.75) is 17.9 Å². The molecule has 1 atom stereocenters. The lowest BCUT2D eigenvalue weighted by molar-refractivity contribution is 0.300. The molecule has 1 unspecified atom stereocenters. The van der Waals surface area contributed by atoms with Gasteiger partial charge in [0.05, 0.1) is 6.61 Å². The van der Waals surface area contributed by atoms with Crippen LogP contribution in [0.5, 0.6) is 0 Å². The van der Waals surface area contributed by atoms with Crippen LogP contribution in [0.4, 0.5) is 5.82 Å². The largest absolute Gasteiger partial charge is 0.395 e. The number of nitrogens with zero attached hydrogens (tertiary/aromatic N) is 1. The van der Waals surface area contributed by atoms with E-state index in [0.717, 1.165) is 11.6 Å². The Morgan fingerprint density at radius 3 is 2.86 bits per heavy atom. The highest BCUT2D eigenvalue weighted by Gasteiger charge is 2.01. The molecule has 0 bridgehead atoms. The summed E-state index contributed by atoms with van der Waals surface area (Å²) >= 11 is 1.73. The Labute approximate surface area is 88.9 Å². The zero-order chi connectivity index (χ0) is 10.4. The van der Waals surface area contributed by atoms with Crippen LogP contribution in [0, 0.1) is 0 Å². The van der Waals surface area contributed by atoms with Crippen LogP contribution in [0.25, 0.3) is 0 Å². The first-order chi connectivity index (χ1) is 6.76. The number of rotatable bonds is 5. The minimum absolute atomic E-state index is 0.229. The number of thioether (sulfide) groups is 1. The van der Waals surface area contributed by atoms with E-state index in [0.29, 0.717) is 5.25 Å². The second-order valence-corrected chi connectivity index (χ2v) is 4.53. The average Bonchev–Trinajstić information content (AvgIpc) is 2.26. The molecule has 3 nitrogen and oxygen atoms in total. The number of hydrogen-bond donors (Lipinski definition) is 2. The standard InChI is InChI=1S/C10H16N2OS/c1-8(6-13)14-7-9-3-4-10(11-2)12-5-9/h3-5,8,13H,6-7H2,1-2H3,(H,11,12). The van der Waals surface area contributed by atoms with Gasteiger partial charge in [0.15, 0.2) is 0 Å². The zero-order valence-electron chi connectivity index (χ0n) is 8.53. The molecule has 0 amide bonds. The smallest absolute Gasteiger partial charge is 0.125 e. The van der Waals surface area contributed by atoms with E-state index in [1.54, 1.807) is 11.8 Å². The van der Waals surface area contributed by atoms with Gasteiger partial charge in [-0.2, -0.15) is 11.8 Å². The van der Waals surface area contributed by atoms with Crippen LogP contribution in [0.3, 0.4) is 0 Å². The summed E-state index contributed by atoms with van der Waals surface area (Å²) in [5.74, 6) is 1.78. The van der Waals surface area contributed by atoms with Gasteiger partial charge in [-0.3, -0.25) is 0 Å². The third-order valence-electron chi connectivity index (χ3n) is 1.87. The first kappa shape index (κ1) is 11.3. The SMILES string of the molecule is CNc1ccc(CSC(C)CO)cn1. The third kappa shape index (κ3) is 3.55. The summed E-state index contributed by atoms with van der Waals surface area (Å²) in [6.45, 7) is 2.24. The van der Waals surface area contributed by atoms with Crippen molar-refractivity contribution in [3.63, 3.8) is 0 Å². The molecule has 0 saturated heterocycles. The summed E-state index contributed by atoms with van der Waals surface area (Å²) in [5, 5.41) is 12.1. The van der Waals surface area contributed by atoms with E-state index >= 15 is 0 Å². The maximum absolute atomic E-state index is 8.85. The van der Waals surface area contributed by atoms with Crippen molar-refractivity contribution in [1.29, 1.82) is 0 Å². The van der Waals surface area contributed by atoms with E-state index in [1.165, 1.54) is 5.56 Å². The number of nitrogens with one attached hydrogen (secondary N) is 1. The normalized spacial score (nSPS) is 12.5. The number of pyridine rings is 1. The monoisotopic (exact) mass is 212 g/mol. The van der Waals surface area contributed by atoms with Gasteiger partial charge in [0.2, 0.25) is 0 Å². The summed E-state index contributed by atoms with van der Waals surface area (Å²) in [6.07, 6.45) is 1.86. The van der Waals surface area contributed by atoms with Crippen LogP contribution in [0.1, 0.15) is 12.5 Å². The Morgan fingerprint density at radius 2 is 2.36 bits per heavy atom. The van der Waals surface area contributed by atoms with Crippen molar-refractivity contribution < 1.29 is 5.11 Å². The molecule has 0 fully saturated rings. The quantitative estimate of drug-likeness (QED) is 0.780. The molecule has 0 aliphatic heterocycles. The molecule has 0 saturated carbocycles. The molecule has 0 spiro atoms. The first-order valence-electron chi connectivity index (χ1n) is 4.61. The number of aliphatic hydroxyl groups is 1. The first-order valence-corrected chi connectivity index (χ1v) is 5.66. The van der Waals surface area contributed by atoms with Gasteiger partial charge in [-0.1, -0.05) is 13.0 Å². The predicted molar refractivity (Wildman–Crippen MR) is 61.6 cm³/mol. The van der Waals surface area contributed by atoms with E-state index in [1.807, 2.05) is 26.2 Å². The summed E-state index contributed by atoms with van der Waals surface area (Å²) in [7, 11) is 1.85. The maximum Gasteiger partial charge on any atom is 0.125 e. The molecule has 1 heterocycles. The number of aliphatic hydroxyl groups excluding tert-OH is 1. The van der Waals surface area contributed by atoms with Crippen LogP contribution < -0.4 is 5.32 Å². The molecule has 1 aromatic heterocycles. The molecule has 14 heavy (non-hydrogen) atoms. The summed E-state index contributed by atoms with van der Waals surface area (Å²) in [5.41, 5.74) is 1.19. The van der Waals surface area contributed by atoms with E-state index in [4.69, 9.17) is 5.11 Å². The van der Waals surface area contributed by atoms with Gasteiger partial charge < -0.3 is 10.4 Å². The molecular formula is C10H16N2OS. The topological polar surface area (TPSA) is 45.1 Å². The molecule has 0 aromatic carbocycles. The fourth-order valence-corrected chi connectivity index (χ4v) is 1.70. The van der Waals surface area contributed by atoms with Gasteiger partial charge in [-0.05, 0) is 11.6 Å². The molecule has 78 valence electrons. The molecule has 4 heteroatoms. The van der Waals surface area contributed by atoms with E-state index < -0.39 is 0 Å². The minimum atomic E-state index is 0.229. The van der Waals surface area contributed by atoms with Gasteiger partial charge in [0.1, 0.15) is 5.82 Å². The maximum atomic E-state index is 8.85. The van der Waals surface area contributed by atoms with Crippen molar-refractivity contribution in [3.05, 3.63) is 23.9 Å². The van der Waals surface area contributed by atoms with Gasteiger partial charge >= 0.3 is 0 Å². The van der Waals surface area contributed by atoms with Crippen LogP contribution in [-0.4, -0.2) is 29.0 Å². The highest BCUT2D eigenvalue weighted by atomic mass is 32.2. The van der Waals surface area contributed by atoms with Crippen molar-refractivity contribution in [2.75, 3.05) is 19.0 Å². The van der Waals surface area contributed by atoms with Crippen molar-refractivity contribution in [3.8, 4) is 0 Å². The second-order valence-electron chi connectivity index (χ2n) is 3.11.